The minimum absolute atomic E-state index is 0.0637. The molecule has 0 N–H and O–H groups in total. The normalized spacial score (nSPS) is 17.9. The van der Waals surface area contributed by atoms with Crippen LogP contribution in [0.5, 0.6) is 0 Å². The molecular formula is C77H72BN3. The summed E-state index contributed by atoms with van der Waals surface area (Å²) in [6, 6.07) is 88.9. The van der Waals surface area contributed by atoms with Crippen LogP contribution in [-0.2, 0) is 34.5 Å². The van der Waals surface area contributed by atoms with Crippen molar-refractivity contribution in [1.82, 2.24) is 0 Å². The lowest BCUT2D eigenvalue weighted by Gasteiger charge is -2.53. The van der Waals surface area contributed by atoms with Gasteiger partial charge in [-0.1, -0.05) is 238 Å². The summed E-state index contributed by atoms with van der Waals surface area (Å²) in [6.07, 6.45) is 1.77. The molecule has 0 bridgehead atoms. The van der Waals surface area contributed by atoms with Gasteiger partial charge in [-0.2, -0.15) is 0 Å². The fourth-order valence-electron chi connectivity index (χ4n) is 14.7. The zero-order valence-corrected chi connectivity index (χ0v) is 48.8. The van der Waals surface area contributed by atoms with Gasteiger partial charge in [0, 0.05) is 50.7 Å². The molecule has 0 aromatic heterocycles. The van der Waals surface area contributed by atoms with Gasteiger partial charge in [0.1, 0.15) is 0 Å². The van der Waals surface area contributed by atoms with Crippen LogP contribution >= 0.6 is 0 Å². The number of benzene rings is 10. The van der Waals surface area contributed by atoms with E-state index in [0.29, 0.717) is 0 Å². The van der Waals surface area contributed by atoms with E-state index >= 15 is 0 Å². The summed E-state index contributed by atoms with van der Waals surface area (Å²) in [4.78, 5) is 8.15. The van der Waals surface area contributed by atoms with Crippen LogP contribution in [-0.4, -0.2) is 12.3 Å². The summed E-state index contributed by atoms with van der Waals surface area (Å²) in [5, 5.41) is 0. The molecule has 3 aliphatic heterocycles. The molecule has 2 atom stereocenters. The third-order valence-electron chi connectivity index (χ3n) is 18.9. The second kappa shape index (κ2) is 18.3. The van der Waals surface area contributed by atoms with Crippen molar-refractivity contribution in [2.45, 2.75) is 109 Å². The predicted octanol–water partition coefficient (Wildman–Crippen LogP) is 18.0. The molecule has 1 aliphatic carbocycles. The molecule has 0 fully saturated rings. The van der Waals surface area contributed by atoms with E-state index in [-0.39, 0.29) is 28.4 Å². The first-order valence-electron chi connectivity index (χ1n) is 29.4. The Morgan fingerprint density at radius 3 is 1.38 bits per heavy atom. The molecule has 0 saturated heterocycles. The third-order valence-corrected chi connectivity index (χ3v) is 18.9. The van der Waals surface area contributed by atoms with Gasteiger partial charge in [0.2, 0.25) is 0 Å². The average molecular weight is 1050 g/mol. The maximum atomic E-state index is 2.80. The maximum Gasteiger partial charge on any atom is 0.252 e. The lowest BCUT2D eigenvalue weighted by atomic mass is 9.33. The summed E-state index contributed by atoms with van der Waals surface area (Å²) in [5.41, 5.74) is 26.8. The number of hydrogen-bond acceptors (Lipinski definition) is 3. The van der Waals surface area contributed by atoms with E-state index in [2.05, 4.69) is 314 Å². The Labute approximate surface area is 481 Å². The number of para-hydroxylation sites is 2. The van der Waals surface area contributed by atoms with Gasteiger partial charge in [0.15, 0.2) is 0 Å². The van der Waals surface area contributed by atoms with Gasteiger partial charge in [-0.15, -0.1) is 0 Å². The highest BCUT2D eigenvalue weighted by molar-refractivity contribution is 7.00. The largest absolute Gasteiger partial charge is 0.334 e. The Balaban J connectivity index is 1.15. The quantitative estimate of drug-likeness (QED) is 0.154. The minimum Gasteiger partial charge on any atom is -0.334 e. The van der Waals surface area contributed by atoms with E-state index in [4.69, 9.17) is 0 Å². The molecule has 0 spiro atoms. The van der Waals surface area contributed by atoms with Gasteiger partial charge in [-0.05, 0) is 157 Å². The van der Waals surface area contributed by atoms with Gasteiger partial charge >= 0.3 is 0 Å². The van der Waals surface area contributed by atoms with Gasteiger partial charge in [0.05, 0.1) is 16.9 Å². The standard InChI is InChI=1S/C77H72BN3/c1-73(2,3)56-39-42-65(60(44-56)51-26-14-11-15-27-51)79-68-37-25-23-35-63(68)78-64-41-38-58(75(7,8)9)46-69(64)80(66-43-40-57(74(4,5)6)45-61(66)52-28-16-12-17-29-52)71-48-59(47-70(79)72(71)78)81-67-36-24-22-34-62(67)77(55-32-18-13-19-33-55)50-54-31-21-20-30-53(54)49-76(77,81)10/h11-48H,49-50H2,1-10H3. The van der Waals surface area contributed by atoms with Crippen LogP contribution in [0, 0.1) is 0 Å². The molecule has 0 radical (unpaired) electrons. The number of nitrogens with zero attached hydrogens (tertiary/aromatic N) is 3. The fourth-order valence-corrected chi connectivity index (χ4v) is 14.7. The lowest BCUT2D eigenvalue weighted by molar-refractivity contribution is 0.281. The summed E-state index contributed by atoms with van der Waals surface area (Å²) >= 11 is 0. The summed E-state index contributed by atoms with van der Waals surface area (Å²) in [5.74, 6) is 0. The zero-order valence-electron chi connectivity index (χ0n) is 48.8. The number of anilines is 8. The molecule has 398 valence electrons. The Morgan fingerprint density at radius 1 is 0.370 bits per heavy atom. The number of fused-ring (bicyclic) bond motifs is 8. The Kier molecular flexibility index (Phi) is 11.5. The van der Waals surface area contributed by atoms with Crippen LogP contribution in [0.25, 0.3) is 22.3 Å². The van der Waals surface area contributed by atoms with E-state index in [1.54, 1.807) is 0 Å². The topological polar surface area (TPSA) is 9.72 Å². The molecule has 2 unspecified atom stereocenters. The monoisotopic (exact) mass is 1050 g/mol. The van der Waals surface area contributed by atoms with Crippen molar-refractivity contribution in [2.75, 3.05) is 14.7 Å². The highest BCUT2D eigenvalue weighted by atomic mass is 15.3. The van der Waals surface area contributed by atoms with Crippen LogP contribution < -0.4 is 31.1 Å². The predicted molar refractivity (Wildman–Crippen MR) is 345 cm³/mol. The minimum atomic E-state index is -0.436. The first-order valence-corrected chi connectivity index (χ1v) is 29.4. The number of hydrogen-bond donors (Lipinski definition) is 0. The molecule has 10 aromatic rings. The van der Waals surface area contributed by atoms with Gasteiger partial charge in [-0.25, -0.2) is 0 Å². The van der Waals surface area contributed by atoms with Crippen molar-refractivity contribution < 1.29 is 0 Å². The molecule has 81 heavy (non-hydrogen) atoms. The summed E-state index contributed by atoms with van der Waals surface area (Å²) < 4.78 is 0. The van der Waals surface area contributed by atoms with E-state index in [1.807, 2.05) is 0 Å². The van der Waals surface area contributed by atoms with E-state index in [1.165, 1.54) is 117 Å². The molecule has 0 saturated carbocycles. The molecule has 14 rings (SSSR count). The molecular weight excluding hydrogens is 978 g/mol. The van der Waals surface area contributed by atoms with Gasteiger partial charge in [0.25, 0.3) is 6.71 Å². The second-order valence-corrected chi connectivity index (χ2v) is 26.8. The Morgan fingerprint density at radius 2 is 0.815 bits per heavy atom. The molecule has 10 aromatic carbocycles. The Hall–Kier alpha value is -8.34. The first kappa shape index (κ1) is 50.9. The van der Waals surface area contributed by atoms with Crippen LogP contribution in [0.15, 0.2) is 231 Å². The SMILES string of the molecule is CC(C)(C)c1ccc(N2c3ccccc3B3c4ccc(C(C)(C)C)cc4N(c4ccc(C(C)(C)C)cc4-c4ccccc4)c4cc(N5c6ccccc6C6(c7ccccc7)Cc7ccccc7CC56C)cc2c43)c(-c2ccccc2)c1. The lowest BCUT2D eigenvalue weighted by Crippen LogP contribution is -2.62. The van der Waals surface area contributed by atoms with Crippen LogP contribution in [0.3, 0.4) is 0 Å². The number of rotatable bonds is 6. The Bertz CT molecular complexity index is 4100. The highest BCUT2D eigenvalue weighted by Gasteiger charge is 2.62. The van der Waals surface area contributed by atoms with Crippen LogP contribution in [0.1, 0.15) is 108 Å². The van der Waals surface area contributed by atoms with Crippen molar-refractivity contribution in [1.29, 1.82) is 0 Å². The van der Waals surface area contributed by atoms with Crippen LogP contribution in [0.4, 0.5) is 45.5 Å². The zero-order chi connectivity index (χ0) is 55.8. The summed E-state index contributed by atoms with van der Waals surface area (Å²) in [7, 11) is 0. The van der Waals surface area contributed by atoms with Crippen molar-refractivity contribution >= 4 is 68.6 Å². The molecule has 0 amide bonds. The molecule has 3 heterocycles. The maximum absolute atomic E-state index is 2.80. The van der Waals surface area contributed by atoms with Crippen LogP contribution in [0.2, 0.25) is 0 Å². The molecule has 4 aliphatic rings. The van der Waals surface area contributed by atoms with E-state index < -0.39 is 5.54 Å². The van der Waals surface area contributed by atoms with Crippen molar-refractivity contribution in [2.24, 2.45) is 0 Å². The third kappa shape index (κ3) is 7.84. The van der Waals surface area contributed by atoms with Gasteiger partial charge < -0.3 is 14.7 Å². The van der Waals surface area contributed by atoms with Gasteiger partial charge in [-0.3, -0.25) is 0 Å². The van der Waals surface area contributed by atoms with E-state index in [0.717, 1.165) is 18.5 Å². The van der Waals surface area contributed by atoms with Crippen molar-refractivity contribution in [3.63, 3.8) is 0 Å². The molecule has 4 heteroatoms. The summed E-state index contributed by atoms with van der Waals surface area (Å²) in [6.45, 7) is 23.6. The van der Waals surface area contributed by atoms with Crippen molar-refractivity contribution in [3.8, 4) is 22.3 Å². The van der Waals surface area contributed by atoms with Crippen molar-refractivity contribution in [3.05, 3.63) is 269 Å². The molecule has 3 nitrogen and oxygen atoms in total. The fraction of sp³-hybridized carbons (Fsp3) is 0.221. The smallest absolute Gasteiger partial charge is 0.252 e. The first-order chi connectivity index (χ1) is 38.9. The van der Waals surface area contributed by atoms with E-state index in [9.17, 15) is 0 Å². The highest BCUT2D eigenvalue weighted by Crippen LogP contribution is 2.63. The second-order valence-electron chi connectivity index (χ2n) is 26.8. The average Bonchev–Trinajstić information content (AvgIpc) is 2.02.